The largest absolute Gasteiger partial charge is 0.356 e. The SMILES string of the molecule is CC(C)CCCCCCNC(=O)C1(C(C)C)CCNC1. The van der Waals surface area contributed by atoms with Crippen molar-refractivity contribution in [1.29, 1.82) is 0 Å². The molecule has 0 aromatic heterocycles. The van der Waals surface area contributed by atoms with Crippen molar-refractivity contribution in [2.45, 2.75) is 66.2 Å². The Morgan fingerprint density at radius 3 is 2.40 bits per heavy atom. The summed E-state index contributed by atoms with van der Waals surface area (Å²) in [7, 11) is 0. The summed E-state index contributed by atoms with van der Waals surface area (Å²) in [5.74, 6) is 1.48. The van der Waals surface area contributed by atoms with Crippen LogP contribution in [0, 0.1) is 17.3 Å². The maximum atomic E-state index is 12.4. The second kappa shape index (κ2) is 8.66. The van der Waals surface area contributed by atoms with Crippen LogP contribution < -0.4 is 10.6 Å². The smallest absolute Gasteiger partial charge is 0.227 e. The maximum absolute atomic E-state index is 12.4. The Morgan fingerprint density at radius 1 is 1.15 bits per heavy atom. The molecule has 0 spiro atoms. The molecule has 0 aromatic carbocycles. The average molecular weight is 282 g/mol. The summed E-state index contributed by atoms with van der Waals surface area (Å²) in [5, 5.41) is 6.51. The summed E-state index contributed by atoms with van der Waals surface area (Å²) in [6.45, 7) is 11.5. The fraction of sp³-hybridized carbons (Fsp3) is 0.941. The summed E-state index contributed by atoms with van der Waals surface area (Å²) in [6, 6.07) is 0. The minimum atomic E-state index is -0.169. The fourth-order valence-electron chi connectivity index (χ4n) is 3.07. The highest BCUT2D eigenvalue weighted by Crippen LogP contribution is 2.34. The monoisotopic (exact) mass is 282 g/mol. The molecule has 1 saturated heterocycles. The molecular formula is C17H34N2O. The third-order valence-corrected chi connectivity index (χ3v) is 4.74. The highest BCUT2D eigenvalue weighted by atomic mass is 16.2. The topological polar surface area (TPSA) is 41.1 Å². The van der Waals surface area contributed by atoms with Gasteiger partial charge in [-0.25, -0.2) is 0 Å². The Kier molecular flexibility index (Phi) is 7.57. The van der Waals surface area contributed by atoms with Gasteiger partial charge in [-0.15, -0.1) is 0 Å². The van der Waals surface area contributed by atoms with E-state index < -0.39 is 0 Å². The highest BCUT2D eigenvalue weighted by Gasteiger charge is 2.43. The Labute approximate surface area is 125 Å². The second-order valence-electron chi connectivity index (χ2n) is 7.09. The summed E-state index contributed by atoms with van der Waals surface area (Å²) in [5.41, 5.74) is -0.169. The lowest BCUT2D eigenvalue weighted by atomic mass is 9.75. The van der Waals surface area contributed by atoms with Crippen molar-refractivity contribution >= 4 is 5.91 Å². The van der Waals surface area contributed by atoms with Gasteiger partial charge in [0.25, 0.3) is 0 Å². The van der Waals surface area contributed by atoms with Crippen LogP contribution in [0.25, 0.3) is 0 Å². The van der Waals surface area contributed by atoms with Gasteiger partial charge >= 0.3 is 0 Å². The van der Waals surface area contributed by atoms with Gasteiger partial charge in [-0.2, -0.15) is 0 Å². The van der Waals surface area contributed by atoms with Gasteiger partial charge < -0.3 is 10.6 Å². The molecule has 1 atom stereocenters. The van der Waals surface area contributed by atoms with E-state index in [0.717, 1.165) is 38.4 Å². The number of hydrogen-bond acceptors (Lipinski definition) is 2. The van der Waals surface area contributed by atoms with Crippen molar-refractivity contribution in [3.63, 3.8) is 0 Å². The molecule has 1 aliphatic rings. The Morgan fingerprint density at radius 2 is 1.85 bits per heavy atom. The number of carbonyl (C=O) groups is 1. The zero-order chi connectivity index (χ0) is 15.0. The molecular weight excluding hydrogens is 248 g/mol. The van der Waals surface area contributed by atoms with Crippen molar-refractivity contribution in [2.24, 2.45) is 17.3 Å². The van der Waals surface area contributed by atoms with Crippen LogP contribution in [0.2, 0.25) is 0 Å². The molecule has 1 unspecified atom stereocenters. The van der Waals surface area contributed by atoms with E-state index in [9.17, 15) is 4.79 Å². The van der Waals surface area contributed by atoms with Gasteiger partial charge in [0.1, 0.15) is 0 Å². The quantitative estimate of drug-likeness (QED) is 0.637. The van der Waals surface area contributed by atoms with Crippen molar-refractivity contribution in [1.82, 2.24) is 10.6 Å². The number of nitrogens with one attached hydrogen (secondary N) is 2. The van der Waals surface area contributed by atoms with E-state index in [0.29, 0.717) is 5.92 Å². The summed E-state index contributed by atoms with van der Waals surface area (Å²) in [4.78, 5) is 12.4. The lowest BCUT2D eigenvalue weighted by molar-refractivity contribution is -0.132. The van der Waals surface area contributed by atoms with E-state index in [-0.39, 0.29) is 11.3 Å². The lowest BCUT2D eigenvalue weighted by Gasteiger charge is -2.31. The normalized spacial score (nSPS) is 22.7. The first-order valence-corrected chi connectivity index (χ1v) is 8.48. The zero-order valence-corrected chi connectivity index (χ0v) is 13.9. The second-order valence-corrected chi connectivity index (χ2v) is 7.09. The number of amides is 1. The van der Waals surface area contributed by atoms with Crippen molar-refractivity contribution in [3.05, 3.63) is 0 Å². The van der Waals surface area contributed by atoms with E-state index in [1.807, 2.05) is 0 Å². The zero-order valence-electron chi connectivity index (χ0n) is 13.9. The maximum Gasteiger partial charge on any atom is 0.227 e. The molecule has 1 amide bonds. The van der Waals surface area contributed by atoms with Gasteiger partial charge in [-0.05, 0) is 31.2 Å². The first kappa shape index (κ1) is 17.5. The van der Waals surface area contributed by atoms with Crippen LogP contribution in [0.3, 0.4) is 0 Å². The van der Waals surface area contributed by atoms with Crippen molar-refractivity contribution in [2.75, 3.05) is 19.6 Å². The van der Waals surface area contributed by atoms with Crippen LogP contribution in [-0.2, 0) is 4.79 Å². The highest BCUT2D eigenvalue weighted by molar-refractivity contribution is 5.83. The Hall–Kier alpha value is -0.570. The number of unbranched alkanes of at least 4 members (excludes halogenated alkanes) is 3. The van der Waals surface area contributed by atoms with E-state index in [1.165, 1.54) is 25.7 Å². The van der Waals surface area contributed by atoms with Crippen molar-refractivity contribution in [3.8, 4) is 0 Å². The van der Waals surface area contributed by atoms with Gasteiger partial charge in [0.2, 0.25) is 5.91 Å². The predicted molar refractivity (Wildman–Crippen MR) is 85.7 cm³/mol. The summed E-state index contributed by atoms with van der Waals surface area (Å²) >= 11 is 0. The molecule has 0 aromatic rings. The first-order chi connectivity index (χ1) is 9.49. The van der Waals surface area contributed by atoms with E-state index >= 15 is 0 Å². The molecule has 2 N–H and O–H groups in total. The minimum Gasteiger partial charge on any atom is -0.356 e. The van der Waals surface area contributed by atoms with Crippen LogP contribution in [0.1, 0.15) is 66.2 Å². The van der Waals surface area contributed by atoms with E-state index in [4.69, 9.17) is 0 Å². The molecule has 0 aliphatic carbocycles. The lowest BCUT2D eigenvalue weighted by Crippen LogP contribution is -2.46. The molecule has 1 rings (SSSR count). The molecule has 0 bridgehead atoms. The standard InChI is InChI=1S/C17H34N2O/c1-14(2)9-7-5-6-8-11-19-16(20)17(15(3)4)10-12-18-13-17/h14-15,18H,5-13H2,1-4H3,(H,19,20). The third-order valence-electron chi connectivity index (χ3n) is 4.74. The van der Waals surface area contributed by atoms with Crippen LogP contribution >= 0.6 is 0 Å². The first-order valence-electron chi connectivity index (χ1n) is 8.48. The summed E-state index contributed by atoms with van der Waals surface area (Å²) < 4.78 is 0. The Balaban J connectivity index is 2.16. The third kappa shape index (κ3) is 5.08. The Bertz CT molecular complexity index is 281. The van der Waals surface area contributed by atoms with Gasteiger partial charge in [-0.1, -0.05) is 53.4 Å². The minimum absolute atomic E-state index is 0.169. The molecule has 3 nitrogen and oxygen atoms in total. The predicted octanol–water partition coefficient (Wildman–Crippen LogP) is 3.34. The molecule has 1 heterocycles. The van der Waals surface area contributed by atoms with Crippen LogP contribution in [0.4, 0.5) is 0 Å². The van der Waals surface area contributed by atoms with E-state index in [1.54, 1.807) is 0 Å². The fourth-order valence-corrected chi connectivity index (χ4v) is 3.07. The molecule has 0 saturated carbocycles. The van der Waals surface area contributed by atoms with E-state index in [2.05, 4.69) is 38.3 Å². The molecule has 118 valence electrons. The van der Waals surface area contributed by atoms with Gasteiger partial charge in [-0.3, -0.25) is 4.79 Å². The number of rotatable bonds is 9. The molecule has 1 fully saturated rings. The number of hydrogen-bond donors (Lipinski definition) is 2. The molecule has 20 heavy (non-hydrogen) atoms. The van der Waals surface area contributed by atoms with Crippen LogP contribution in [0.5, 0.6) is 0 Å². The van der Waals surface area contributed by atoms with Crippen LogP contribution in [-0.4, -0.2) is 25.5 Å². The van der Waals surface area contributed by atoms with Gasteiger partial charge in [0.05, 0.1) is 5.41 Å². The van der Waals surface area contributed by atoms with Gasteiger partial charge in [0, 0.05) is 13.1 Å². The van der Waals surface area contributed by atoms with Crippen molar-refractivity contribution < 1.29 is 4.79 Å². The van der Waals surface area contributed by atoms with Gasteiger partial charge in [0.15, 0.2) is 0 Å². The molecule has 1 aliphatic heterocycles. The summed E-state index contributed by atoms with van der Waals surface area (Å²) in [6.07, 6.45) is 7.28. The van der Waals surface area contributed by atoms with Crippen LogP contribution in [0.15, 0.2) is 0 Å². The molecule has 3 heteroatoms. The average Bonchev–Trinajstić information content (AvgIpc) is 2.87. The number of carbonyl (C=O) groups excluding carboxylic acids is 1. The molecule has 0 radical (unpaired) electrons.